The first-order valence-electron chi connectivity index (χ1n) is 5.35. The minimum absolute atomic E-state index is 0.0641. The van der Waals surface area contributed by atoms with Crippen molar-refractivity contribution in [1.29, 1.82) is 0 Å². The molecule has 3 nitrogen and oxygen atoms in total. The van der Waals surface area contributed by atoms with Crippen molar-refractivity contribution < 1.29 is 23.1 Å². The van der Waals surface area contributed by atoms with Crippen molar-refractivity contribution in [2.45, 2.75) is 26.1 Å². The largest absolute Gasteiger partial charge is 0.416 e. The van der Waals surface area contributed by atoms with Gasteiger partial charge in [0.25, 0.3) is 5.91 Å². The molecule has 0 aliphatic carbocycles. The minimum Gasteiger partial charge on any atom is -0.394 e. The van der Waals surface area contributed by atoms with E-state index in [-0.39, 0.29) is 17.7 Å². The lowest BCUT2D eigenvalue weighted by molar-refractivity contribution is -0.138. The van der Waals surface area contributed by atoms with Gasteiger partial charge in [-0.05, 0) is 31.5 Å². The van der Waals surface area contributed by atoms with Gasteiger partial charge in [-0.25, -0.2) is 0 Å². The molecular formula is C12H14F3NO2. The monoisotopic (exact) mass is 261 g/mol. The van der Waals surface area contributed by atoms with Crippen LogP contribution in [0.15, 0.2) is 18.2 Å². The van der Waals surface area contributed by atoms with E-state index in [1.807, 2.05) is 0 Å². The number of alkyl halides is 3. The van der Waals surface area contributed by atoms with Gasteiger partial charge in [-0.2, -0.15) is 13.2 Å². The van der Waals surface area contributed by atoms with Crippen LogP contribution in [0.25, 0.3) is 0 Å². The Bertz CT molecular complexity index is 443. The average Bonchev–Trinajstić information content (AvgIpc) is 2.27. The van der Waals surface area contributed by atoms with E-state index >= 15 is 0 Å². The normalized spacial score (nSPS) is 13.2. The van der Waals surface area contributed by atoms with Crippen LogP contribution in [0.3, 0.4) is 0 Å². The van der Waals surface area contributed by atoms with Crippen molar-refractivity contribution in [2.24, 2.45) is 0 Å². The quantitative estimate of drug-likeness (QED) is 0.875. The summed E-state index contributed by atoms with van der Waals surface area (Å²) in [4.78, 5) is 11.6. The number of carbonyl (C=O) groups is 1. The Labute approximate surface area is 103 Å². The molecule has 1 unspecified atom stereocenters. The highest BCUT2D eigenvalue weighted by Gasteiger charge is 2.32. The van der Waals surface area contributed by atoms with E-state index < -0.39 is 23.7 Å². The lowest BCUT2D eigenvalue weighted by Gasteiger charge is -2.14. The Balaban J connectivity index is 3.02. The van der Waals surface area contributed by atoms with E-state index in [9.17, 15) is 18.0 Å². The van der Waals surface area contributed by atoms with E-state index in [0.717, 1.165) is 6.07 Å². The van der Waals surface area contributed by atoms with Crippen LogP contribution in [-0.2, 0) is 6.18 Å². The van der Waals surface area contributed by atoms with Crippen LogP contribution < -0.4 is 5.32 Å². The van der Waals surface area contributed by atoms with Gasteiger partial charge in [0.1, 0.15) is 0 Å². The average molecular weight is 261 g/mol. The number of nitrogens with one attached hydrogen (secondary N) is 1. The van der Waals surface area contributed by atoms with Crippen molar-refractivity contribution in [3.8, 4) is 0 Å². The molecule has 0 saturated heterocycles. The number of amides is 1. The maximum atomic E-state index is 12.6. The molecule has 2 N–H and O–H groups in total. The summed E-state index contributed by atoms with van der Waals surface area (Å²) in [6.07, 6.45) is -4.48. The summed E-state index contributed by atoms with van der Waals surface area (Å²) in [6, 6.07) is 2.88. The van der Waals surface area contributed by atoms with Crippen LogP contribution in [0, 0.1) is 6.92 Å². The second kappa shape index (κ2) is 5.39. The molecule has 0 radical (unpaired) electrons. The lowest BCUT2D eigenvalue weighted by Crippen LogP contribution is -2.35. The zero-order valence-corrected chi connectivity index (χ0v) is 10.0. The maximum Gasteiger partial charge on any atom is 0.416 e. The predicted molar refractivity (Wildman–Crippen MR) is 60.2 cm³/mol. The highest BCUT2D eigenvalue weighted by atomic mass is 19.4. The Kier molecular flexibility index (Phi) is 4.34. The fraction of sp³-hybridized carbons (Fsp3) is 0.417. The number of rotatable bonds is 3. The Hall–Kier alpha value is -1.56. The molecule has 0 saturated carbocycles. The van der Waals surface area contributed by atoms with Crippen LogP contribution in [0.2, 0.25) is 0 Å². The molecule has 0 heterocycles. The zero-order chi connectivity index (χ0) is 13.9. The molecule has 18 heavy (non-hydrogen) atoms. The Morgan fingerprint density at radius 2 is 2.06 bits per heavy atom. The van der Waals surface area contributed by atoms with Gasteiger partial charge in [-0.15, -0.1) is 0 Å². The first-order valence-corrected chi connectivity index (χ1v) is 5.35. The smallest absolute Gasteiger partial charge is 0.394 e. The van der Waals surface area contributed by atoms with Crippen molar-refractivity contribution >= 4 is 5.91 Å². The Morgan fingerprint density at radius 3 is 2.56 bits per heavy atom. The number of hydrogen-bond donors (Lipinski definition) is 2. The highest BCUT2D eigenvalue weighted by molar-refractivity contribution is 5.94. The third-order valence-corrected chi connectivity index (χ3v) is 2.46. The number of carbonyl (C=O) groups excluding carboxylic acids is 1. The molecule has 0 spiro atoms. The lowest BCUT2D eigenvalue weighted by atomic mass is 10.0. The third kappa shape index (κ3) is 3.46. The second-order valence-electron chi connectivity index (χ2n) is 4.08. The molecule has 1 aromatic rings. The summed E-state index contributed by atoms with van der Waals surface area (Å²) in [5.74, 6) is -0.637. The predicted octanol–water partition coefficient (Wildman–Crippen LogP) is 2.12. The number of aliphatic hydroxyl groups is 1. The molecule has 0 fully saturated rings. The molecule has 0 aliphatic rings. The number of aryl methyl sites for hydroxylation is 1. The van der Waals surface area contributed by atoms with Crippen LogP contribution in [0.1, 0.15) is 28.4 Å². The van der Waals surface area contributed by atoms with Gasteiger partial charge in [-0.1, -0.05) is 6.07 Å². The van der Waals surface area contributed by atoms with Crippen molar-refractivity contribution in [3.63, 3.8) is 0 Å². The summed E-state index contributed by atoms with van der Waals surface area (Å²) < 4.78 is 37.9. The first-order chi connectivity index (χ1) is 8.25. The summed E-state index contributed by atoms with van der Waals surface area (Å²) >= 11 is 0. The van der Waals surface area contributed by atoms with Crippen molar-refractivity contribution in [1.82, 2.24) is 5.32 Å². The summed E-state index contributed by atoms with van der Waals surface area (Å²) in [6.45, 7) is 2.61. The fourth-order valence-corrected chi connectivity index (χ4v) is 1.42. The molecule has 0 bridgehead atoms. The van der Waals surface area contributed by atoms with Crippen LogP contribution in [0.4, 0.5) is 13.2 Å². The SMILES string of the molecule is Cc1ccc(C(=O)NC(C)CO)cc1C(F)(F)F. The third-order valence-electron chi connectivity index (χ3n) is 2.46. The molecule has 1 atom stereocenters. The van der Waals surface area contributed by atoms with Gasteiger partial charge in [0.15, 0.2) is 0 Å². The standard InChI is InChI=1S/C12H14F3NO2/c1-7-3-4-9(5-10(7)12(13,14)15)11(18)16-8(2)6-17/h3-5,8,17H,6H2,1-2H3,(H,16,18). The van der Waals surface area contributed by atoms with E-state index in [1.54, 1.807) is 6.92 Å². The Morgan fingerprint density at radius 1 is 1.44 bits per heavy atom. The number of benzene rings is 1. The van der Waals surface area contributed by atoms with Crippen LogP contribution in [-0.4, -0.2) is 23.7 Å². The van der Waals surface area contributed by atoms with Gasteiger partial charge in [-0.3, -0.25) is 4.79 Å². The number of aliphatic hydroxyl groups excluding tert-OH is 1. The molecule has 1 aromatic carbocycles. The highest BCUT2D eigenvalue weighted by Crippen LogP contribution is 2.32. The van der Waals surface area contributed by atoms with Crippen LogP contribution in [0.5, 0.6) is 0 Å². The molecular weight excluding hydrogens is 247 g/mol. The zero-order valence-electron chi connectivity index (χ0n) is 10.0. The molecule has 100 valence electrons. The van der Waals surface area contributed by atoms with Crippen molar-refractivity contribution in [3.05, 3.63) is 34.9 Å². The first kappa shape index (κ1) is 14.5. The van der Waals surface area contributed by atoms with Gasteiger partial charge >= 0.3 is 6.18 Å². The van der Waals surface area contributed by atoms with Gasteiger partial charge < -0.3 is 10.4 Å². The van der Waals surface area contributed by atoms with Crippen LogP contribution >= 0.6 is 0 Å². The van der Waals surface area contributed by atoms with E-state index in [0.29, 0.717) is 0 Å². The summed E-state index contributed by atoms with van der Waals surface area (Å²) in [5.41, 5.74) is -0.839. The van der Waals surface area contributed by atoms with Gasteiger partial charge in [0, 0.05) is 11.6 Å². The summed E-state index contributed by atoms with van der Waals surface area (Å²) in [5, 5.41) is 11.2. The number of hydrogen-bond acceptors (Lipinski definition) is 2. The topological polar surface area (TPSA) is 49.3 Å². The summed E-state index contributed by atoms with van der Waals surface area (Å²) in [7, 11) is 0. The molecule has 1 rings (SSSR count). The molecule has 6 heteroatoms. The van der Waals surface area contributed by atoms with Gasteiger partial charge in [0.05, 0.1) is 12.2 Å². The molecule has 0 aliphatic heterocycles. The number of halogens is 3. The molecule has 0 aromatic heterocycles. The van der Waals surface area contributed by atoms with Crippen molar-refractivity contribution in [2.75, 3.05) is 6.61 Å². The second-order valence-corrected chi connectivity index (χ2v) is 4.08. The fourth-order valence-electron chi connectivity index (χ4n) is 1.42. The maximum absolute atomic E-state index is 12.6. The minimum atomic E-state index is -4.48. The van der Waals surface area contributed by atoms with E-state index in [4.69, 9.17) is 5.11 Å². The van der Waals surface area contributed by atoms with E-state index in [1.165, 1.54) is 19.1 Å². The van der Waals surface area contributed by atoms with E-state index in [2.05, 4.69) is 5.32 Å². The van der Waals surface area contributed by atoms with Gasteiger partial charge in [0.2, 0.25) is 0 Å². The molecule has 1 amide bonds.